The van der Waals surface area contributed by atoms with Gasteiger partial charge in [0.2, 0.25) is 0 Å². The second-order valence-corrected chi connectivity index (χ2v) is 10.3. The molecule has 2 heterocycles. The summed E-state index contributed by atoms with van der Waals surface area (Å²) in [6.45, 7) is 0.251. The Morgan fingerprint density at radius 2 is 1.73 bits per heavy atom. The number of hydrogen-bond donors (Lipinski definition) is 0. The van der Waals surface area contributed by atoms with Gasteiger partial charge in [-0.3, -0.25) is 14.5 Å². The molecule has 0 spiro atoms. The minimum atomic E-state index is -0.311. The predicted molar refractivity (Wildman–Crippen MR) is 126 cm³/mol. The molecule has 2 aromatic carbocycles. The van der Waals surface area contributed by atoms with Gasteiger partial charge in [-0.25, -0.2) is 4.98 Å². The van der Waals surface area contributed by atoms with Crippen molar-refractivity contribution in [1.82, 2.24) is 9.88 Å². The standard InChI is InChI=1S/C21H14Cl2N2O2S3/c22-15-8-6-14(7-9-15)12-28-20-24-18(23)16(29-20)10-17-19(26)25(21(27)30-17)11-13-4-2-1-3-5-13/h1-10H,11-12H2/b17-10-. The van der Waals surface area contributed by atoms with Gasteiger partial charge in [0.1, 0.15) is 5.15 Å². The topological polar surface area (TPSA) is 50.3 Å². The molecule has 0 atom stereocenters. The minimum absolute atomic E-state index is 0.251. The van der Waals surface area contributed by atoms with Gasteiger partial charge in [0.15, 0.2) is 4.34 Å². The van der Waals surface area contributed by atoms with Crippen LogP contribution in [0.3, 0.4) is 0 Å². The van der Waals surface area contributed by atoms with E-state index in [4.69, 9.17) is 23.2 Å². The van der Waals surface area contributed by atoms with Crippen molar-refractivity contribution in [3.05, 3.63) is 85.7 Å². The molecule has 9 heteroatoms. The monoisotopic (exact) mass is 492 g/mol. The number of carbonyl (C=O) groups excluding carboxylic acids is 2. The number of amides is 2. The average Bonchev–Trinajstić information content (AvgIpc) is 3.22. The van der Waals surface area contributed by atoms with Gasteiger partial charge < -0.3 is 0 Å². The molecule has 0 radical (unpaired) electrons. The first-order chi connectivity index (χ1) is 14.5. The first-order valence-corrected chi connectivity index (χ1v) is 12.2. The number of aromatic nitrogens is 1. The lowest BCUT2D eigenvalue weighted by Gasteiger charge is -2.11. The highest BCUT2D eigenvalue weighted by Crippen LogP contribution is 2.38. The fraction of sp³-hybridized carbons (Fsp3) is 0.0952. The summed E-state index contributed by atoms with van der Waals surface area (Å²) >= 11 is 16.1. The van der Waals surface area contributed by atoms with Crippen LogP contribution >= 0.6 is 58.1 Å². The van der Waals surface area contributed by atoms with Crippen molar-refractivity contribution >= 4 is 75.3 Å². The average molecular weight is 493 g/mol. The Balaban J connectivity index is 1.46. The van der Waals surface area contributed by atoms with E-state index in [0.29, 0.717) is 20.0 Å². The summed E-state index contributed by atoms with van der Waals surface area (Å²) in [4.78, 5) is 31.7. The number of rotatable bonds is 6. The van der Waals surface area contributed by atoms with E-state index in [1.807, 2.05) is 54.6 Å². The van der Waals surface area contributed by atoms with Crippen molar-refractivity contribution in [2.45, 2.75) is 16.6 Å². The molecule has 0 aliphatic carbocycles. The lowest BCUT2D eigenvalue weighted by atomic mass is 10.2. The number of halogens is 2. The molecule has 1 saturated heterocycles. The zero-order valence-electron chi connectivity index (χ0n) is 15.4. The Hall–Kier alpha value is -1.77. The molecular formula is C21H14Cl2N2O2S3. The summed E-state index contributed by atoms with van der Waals surface area (Å²) in [6.07, 6.45) is 1.66. The van der Waals surface area contributed by atoms with Gasteiger partial charge in [0, 0.05) is 10.8 Å². The van der Waals surface area contributed by atoms with Gasteiger partial charge in [-0.2, -0.15) is 0 Å². The molecule has 1 fully saturated rings. The Morgan fingerprint density at radius 3 is 2.47 bits per heavy atom. The van der Waals surface area contributed by atoms with Crippen LogP contribution in [0, 0.1) is 0 Å². The molecule has 4 rings (SSSR count). The summed E-state index contributed by atoms with van der Waals surface area (Å²) in [5.41, 5.74) is 2.03. The number of benzene rings is 2. The number of nitrogens with zero attached hydrogens (tertiary/aromatic N) is 2. The van der Waals surface area contributed by atoms with Crippen molar-refractivity contribution in [3.63, 3.8) is 0 Å². The Labute approximate surface area is 196 Å². The smallest absolute Gasteiger partial charge is 0.268 e. The lowest BCUT2D eigenvalue weighted by molar-refractivity contribution is -0.123. The number of carbonyl (C=O) groups is 2. The number of imide groups is 1. The van der Waals surface area contributed by atoms with Gasteiger partial charge in [-0.05, 0) is 41.1 Å². The van der Waals surface area contributed by atoms with Crippen LogP contribution in [-0.2, 0) is 17.1 Å². The van der Waals surface area contributed by atoms with E-state index in [0.717, 1.165) is 33.0 Å². The molecule has 2 amide bonds. The second kappa shape index (κ2) is 9.58. The molecule has 3 aromatic rings. The third kappa shape index (κ3) is 5.10. The second-order valence-electron chi connectivity index (χ2n) is 6.30. The Bertz CT molecular complexity index is 1120. The molecule has 152 valence electrons. The van der Waals surface area contributed by atoms with Crippen molar-refractivity contribution < 1.29 is 9.59 Å². The largest absolute Gasteiger partial charge is 0.293 e. The van der Waals surface area contributed by atoms with Gasteiger partial charge >= 0.3 is 0 Å². The maximum atomic E-state index is 12.7. The van der Waals surface area contributed by atoms with Crippen LogP contribution in [0.15, 0.2) is 63.8 Å². The lowest BCUT2D eigenvalue weighted by Crippen LogP contribution is -2.27. The highest BCUT2D eigenvalue weighted by atomic mass is 35.5. The zero-order chi connectivity index (χ0) is 21.1. The quantitative estimate of drug-likeness (QED) is 0.274. The number of thioether (sulfide) groups is 2. The van der Waals surface area contributed by atoms with E-state index in [1.165, 1.54) is 16.2 Å². The predicted octanol–water partition coefficient (Wildman–Crippen LogP) is 6.98. The molecule has 1 aromatic heterocycles. The number of thiazole rings is 1. The van der Waals surface area contributed by atoms with Crippen molar-refractivity contribution in [2.24, 2.45) is 0 Å². The zero-order valence-corrected chi connectivity index (χ0v) is 19.3. The van der Waals surface area contributed by atoms with Crippen LogP contribution in [0.25, 0.3) is 6.08 Å². The first kappa shape index (κ1) is 21.5. The molecular weight excluding hydrogens is 479 g/mol. The van der Waals surface area contributed by atoms with Gasteiger partial charge in [0.25, 0.3) is 11.1 Å². The van der Waals surface area contributed by atoms with Crippen LogP contribution in [-0.4, -0.2) is 21.0 Å². The maximum Gasteiger partial charge on any atom is 0.293 e. The summed E-state index contributed by atoms with van der Waals surface area (Å²) in [7, 11) is 0. The van der Waals surface area contributed by atoms with Crippen LogP contribution in [0.1, 0.15) is 16.0 Å². The minimum Gasteiger partial charge on any atom is -0.268 e. The number of hydrogen-bond acceptors (Lipinski definition) is 6. The normalized spacial score (nSPS) is 15.4. The summed E-state index contributed by atoms with van der Waals surface area (Å²) in [5, 5.41) is 0.742. The SMILES string of the molecule is O=C1S/C(=C\c2sc(SCc3ccc(Cl)cc3)nc2Cl)C(=O)N1Cc1ccccc1. The molecule has 0 unspecified atom stereocenters. The van der Waals surface area contributed by atoms with Crippen molar-refractivity contribution in [1.29, 1.82) is 0 Å². The van der Waals surface area contributed by atoms with Crippen molar-refractivity contribution in [3.8, 4) is 0 Å². The van der Waals surface area contributed by atoms with Gasteiger partial charge in [0.05, 0.1) is 16.3 Å². The maximum absolute atomic E-state index is 12.7. The van der Waals surface area contributed by atoms with Crippen LogP contribution in [0.4, 0.5) is 4.79 Å². The van der Waals surface area contributed by atoms with Gasteiger partial charge in [-0.15, -0.1) is 11.3 Å². The van der Waals surface area contributed by atoms with E-state index in [1.54, 1.807) is 17.8 Å². The Kier molecular flexibility index (Phi) is 6.85. The fourth-order valence-corrected chi connectivity index (χ4v) is 6.02. The van der Waals surface area contributed by atoms with E-state index >= 15 is 0 Å². The van der Waals surface area contributed by atoms with Gasteiger partial charge in [-0.1, -0.05) is 77.4 Å². The highest BCUT2D eigenvalue weighted by Gasteiger charge is 2.35. The molecule has 0 N–H and O–H groups in total. The fourth-order valence-electron chi connectivity index (χ4n) is 2.69. The van der Waals surface area contributed by atoms with E-state index in [-0.39, 0.29) is 17.7 Å². The van der Waals surface area contributed by atoms with Crippen LogP contribution < -0.4 is 0 Å². The van der Waals surface area contributed by atoms with Crippen LogP contribution in [0.5, 0.6) is 0 Å². The van der Waals surface area contributed by atoms with Crippen LogP contribution in [0.2, 0.25) is 10.2 Å². The molecule has 0 bridgehead atoms. The van der Waals surface area contributed by atoms with E-state index in [2.05, 4.69) is 4.98 Å². The van der Waals surface area contributed by atoms with E-state index < -0.39 is 0 Å². The summed E-state index contributed by atoms with van der Waals surface area (Å²) < 4.78 is 0.796. The molecule has 1 aliphatic heterocycles. The molecule has 4 nitrogen and oxygen atoms in total. The third-order valence-corrected chi connectivity index (χ3v) is 7.96. The third-order valence-electron chi connectivity index (χ3n) is 4.18. The molecule has 1 aliphatic rings. The first-order valence-electron chi connectivity index (χ1n) is 8.82. The summed E-state index contributed by atoms with van der Waals surface area (Å²) in [5.74, 6) is 0.419. The molecule has 30 heavy (non-hydrogen) atoms. The molecule has 0 saturated carbocycles. The highest BCUT2D eigenvalue weighted by molar-refractivity contribution is 8.18. The van der Waals surface area contributed by atoms with Crippen molar-refractivity contribution in [2.75, 3.05) is 0 Å². The summed E-state index contributed by atoms with van der Waals surface area (Å²) in [6, 6.07) is 17.1. The Morgan fingerprint density at radius 1 is 1.00 bits per heavy atom. The van der Waals surface area contributed by atoms with E-state index in [9.17, 15) is 9.59 Å².